The van der Waals surface area contributed by atoms with Gasteiger partial charge in [-0.3, -0.25) is 0 Å². The molecule has 1 heterocycles. The van der Waals surface area contributed by atoms with Gasteiger partial charge in [0.15, 0.2) is 0 Å². The Hall–Kier alpha value is -0.450. The largest absolute Gasteiger partial charge is 0.395 e. The molecule has 0 aliphatic heterocycles. The number of thiazole rings is 1. The number of rotatable bonds is 4. The molecule has 1 atom stereocenters. The first-order chi connectivity index (χ1) is 6.95. The minimum Gasteiger partial charge on any atom is -0.395 e. The van der Waals surface area contributed by atoms with Crippen LogP contribution in [0, 0.1) is 0 Å². The van der Waals surface area contributed by atoms with Gasteiger partial charge in [0, 0.05) is 17.3 Å². The Labute approximate surface area is 95.6 Å². The maximum atomic E-state index is 8.72. The van der Waals surface area contributed by atoms with Crippen LogP contribution in [-0.2, 0) is 5.41 Å². The van der Waals surface area contributed by atoms with Gasteiger partial charge in [-0.15, -0.1) is 11.3 Å². The summed E-state index contributed by atoms with van der Waals surface area (Å²) in [5, 5.41) is 15.1. The number of aliphatic hydroxyl groups is 1. The topological polar surface area (TPSA) is 45.1 Å². The standard InChI is InChI=1S/C11H20N2OS/c1-8(12-5-6-14)10-13-9(7-15-10)11(2,3)4/h7-8,12,14H,5-6H2,1-4H3. The summed E-state index contributed by atoms with van der Waals surface area (Å²) in [6.45, 7) is 9.35. The average molecular weight is 228 g/mol. The molecule has 0 bridgehead atoms. The molecule has 0 aliphatic carbocycles. The second-order valence-corrected chi connectivity index (χ2v) is 5.61. The predicted molar refractivity (Wildman–Crippen MR) is 64.3 cm³/mol. The lowest BCUT2D eigenvalue weighted by Gasteiger charge is -2.15. The Kier molecular flexibility index (Phi) is 4.25. The number of aliphatic hydroxyl groups excluding tert-OH is 1. The molecule has 1 unspecified atom stereocenters. The lowest BCUT2D eigenvalue weighted by molar-refractivity contribution is 0.286. The smallest absolute Gasteiger partial charge is 0.110 e. The number of nitrogens with zero attached hydrogens (tertiary/aromatic N) is 1. The lowest BCUT2D eigenvalue weighted by Crippen LogP contribution is -2.22. The third kappa shape index (κ3) is 3.55. The molecule has 0 radical (unpaired) electrons. The van der Waals surface area contributed by atoms with E-state index >= 15 is 0 Å². The van der Waals surface area contributed by atoms with E-state index in [1.165, 1.54) is 0 Å². The molecule has 15 heavy (non-hydrogen) atoms. The van der Waals surface area contributed by atoms with Gasteiger partial charge in [-0.2, -0.15) is 0 Å². The highest BCUT2D eigenvalue weighted by atomic mass is 32.1. The van der Waals surface area contributed by atoms with Crippen LogP contribution in [0.15, 0.2) is 5.38 Å². The Morgan fingerprint density at radius 2 is 2.20 bits per heavy atom. The highest BCUT2D eigenvalue weighted by Gasteiger charge is 2.19. The molecule has 1 aromatic rings. The zero-order valence-electron chi connectivity index (χ0n) is 9.87. The van der Waals surface area contributed by atoms with Gasteiger partial charge in [-0.05, 0) is 6.92 Å². The molecule has 3 nitrogen and oxygen atoms in total. The van der Waals surface area contributed by atoms with E-state index in [0.29, 0.717) is 6.54 Å². The van der Waals surface area contributed by atoms with Crippen molar-refractivity contribution in [2.24, 2.45) is 0 Å². The Bertz CT molecular complexity index is 304. The van der Waals surface area contributed by atoms with Gasteiger partial charge in [0.1, 0.15) is 5.01 Å². The van der Waals surface area contributed by atoms with E-state index in [1.807, 2.05) is 0 Å². The minimum absolute atomic E-state index is 0.117. The first kappa shape index (κ1) is 12.6. The molecule has 0 aromatic carbocycles. The van der Waals surface area contributed by atoms with E-state index in [-0.39, 0.29) is 18.1 Å². The van der Waals surface area contributed by atoms with Crippen molar-refractivity contribution in [1.29, 1.82) is 0 Å². The lowest BCUT2D eigenvalue weighted by atomic mass is 9.93. The third-order valence-corrected chi connectivity index (χ3v) is 3.25. The van der Waals surface area contributed by atoms with Crippen LogP contribution < -0.4 is 5.32 Å². The highest BCUT2D eigenvalue weighted by molar-refractivity contribution is 7.09. The molecule has 0 fully saturated rings. The van der Waals surface area contributed by atoms with Crippen molar-refractivity contribution in [1.82, 2.24) is 10.3 Å². The van der Waals surface area contributed by atoms with Crippen LogP contribution in [0.25, 0.3) is 0 Å². The molecule has 1 rings (SSSR count). The molecule has 86 valence electrons. The molecule has 0 saturated heterocycles. The van der Waals surface area contributed by atoms with Gasteiger partial charge >= 0.3 is 0 Å². The molecule has 0 spiro atoms. The van der Waals surface area contributed by atoms with Crippen LogP contribution in [0.5, 0.6) is 0 Å². The Morgan fingerprint density at radius 3 is 2.67 bits per heavy atom. The van der Waals surface area contributed by atoms with Crippen molar-refractivity contribution in [3.63, 3.8) is 0 Å². The van der Waals surface area contributed by atoms with Crippen LogP contribution in [0.4, 0.5) is 0 Å². The van der Waals surface area contributed by atoms with Gasteiger partial charge in [-0.25, -0.2) is 4.98 Å². The number of hydrogen-bond donors (Lipinski definition) is 2. The summed E-state index contributed by atoms with van der Waals surface area (Å²) in [4.78, 5) is 4.61. The Morgan fingerprint density at radius 1 is 1.53 bits per heavy atom. The monoisotopic (exact) mass is 228 g/mol. The molecular formula is C11H20N2OS. The molecule has 0 saturated carbocycles. The molecule has 4 heteroatoms. The fraction of sp³-hybridized carbons (Fsp3) is 0.727. The molecule has 0 aliphatic rings. The van der Waals surface area contributed by atoms with Crippen LogP contribution >= 0.6 is 11.3 Å². The summed E-state index contributed by atoms with van der Waals surface area (Å²) in [7, 11) is 0. The summed E-state index contributed by atoms with van der Waals surface area (Å²) in [5.74, 6) is 0. The van der Waals surface area contributed by atoms with Gasteiger partial charge in [-0.1, -0.05) is 20.8 Å². The van der Waals surface area contributed by atoms with Crippen LogP contribution in [0.1, 0.15) is 44.4 Å². The van der Waals surface area contributed by atoms with Crippen molar-refractivity contribution < 1.29 is 5.11 Å². The zero-order chi connectivity index (χ0) is 11.5. The minimum atomic E-state index is 0.117. The molecule has 2 N–H and O–H groups in total. The van der Waals surface area contributed by atoms with E-state index in [1.54, 1.807) is 11.3 Å². The number of hydrogen-bond acceptors (Lipinski definition) is 4. The molecule has 0 amide bonds. The Balaban J connectivity index is 2.67. The van der Waals surface area contributed by atoms with Gasteiger partial charge < -0.3 is 10.4 Å². The van der Waals surface area contributed by atoms with Crippen molar-refractivity contribution in [3.05, 3.63) is 16.1 Å². The van der Waals surface area contributed by atoms with E-state index < -0.39 is 0 Å². The fourth-order valence-corrected chi connectivity index (χ4v) is 2.28. The first-order valence-corrected chi connectivity index (χ1v) is 6.13. The zero-order valence-corrected chi connectivity index (χ0v) is 10.7. The SMILES string of the molecule is CC(NCCO)c1nc(C(C)(C)C)cs1. The van der Waals surface area contributed by atoms with Crippen molar-refractivity contribution in [2.75, 3.05) is 13.2 Å². The van der Waals surface area contributed by atoms with Crippen molar-refractivity contribution in [3.8, 4) is 0 Å². The maximum absolute atomic E-state index is 8.72. The van der Waals surface area contributed by atoms with Crippen LogP contribution in [0.3, 0.4) is 0 Å². The van der Waals surface area contributed by atoms with Crippen LogP contribution in [-0.4, -0.2) is 23.2 Å². The van der Waals surface area contributed by atoms with E-state index in [0.717, 1.165) is 10.7 Å². The van der Waals surface area contributed by atoms with Gasteiger partial charge in [0.05, 0.1) is 18.3 Å². The van der Waals surface area contributed by atoms with E-state index in [2.05, 4.69) is 43.4 Å². The van der Waals surface area contributed by atoms with Gasteiger partial charge in [0.25, 0.3) is 0 Å². The average Bonchev–Trinajstić information content (AvgIpc) is 2.62. The summed E-state index contributed by atoms with van der Waals surface area (Å²) in [6, 6.07) is 0.221. The second-order valence-electron chi connectivity index (χ2n) is 4.72. The third-order valence-electron chi connectivity index (χ3n) is 2.22. The van der Waals surface area contributed by atoms with Crippen LogP contribution in [0.2, 0.25) is 0 Å². The van der Waals surface area contributed by atoms with E-state index in [9.17, 15) is 0 Å². The van der Waals surface area contributed by atoms with E-state index in [4.69, 9.17) is 5.11 Å². The molecular weight excluding hydrogens is 208 g/mol. The quantitative estimate of drug-likeness (QED) is 0.829. The first-order valence-electron chi connectivity index (χ1n) is 5.25. The summed E-state index contributed by atoms with van der Waals surface area (Å²) in [6.07, 6.45) is 0. The highest BCUT2D eigenvalue weighted by Crippen LogP contribution is 2.26. The maximum Gasteiger partial charge on any atom is 0.110 e. The van der Waals surface area contributed by atoms with Crippen molar-refractivity contribution in [2.45, 2.75) is 39.2 Å². The number of nitrogens with one attached hydrogen (secondary N) is 1. The molecule has 1 aromatic heterocycles. The van der Waals surface area contributed by atoms with Crippen molar-refractivity contribution >= 4 is 11.3 Å². The number of aromatic nitrogens is 1. The fourth-order valence-electron chi connectivity index (χ4n) is 1.20. The van der Waals surface area contributed by atoms with Gasteiger partial charge in [0.2, 0.25) is 0 Å². The summed E-state index contributed by atoms with van der Waals surface area (Å²) >= 11 is 1.68. The predicted octanol–water partition coefficient (Wildman–Crippen LogP) is 2.08. The second kappa shape index (κ2) is 5.05. The summed E-state index contributed by atoms with van der Waals surface area (Å²) in [5.41, 5.74) is 1.26. The normalized spacial score (nSPS) is 14.2. The summed E-state index contributed by atoms with van der Waals surface area (Å²) < 4.78 is 0.